The van der Waals surface area contributed by atoms with Gasteiger partial charge in [-0.25, -0.2) is 0 Å². The van der Waals surface area contributed by atoms with Crippen molar-refractivity contribution in [2.75, 3.05) is 19.4 Å². The third-order valence-electron chi connectivity index (χ3n) is 1.32. The molecule has 0 aromatic heterocycles. The second kappa shape index (κ2) is 7.32. The van der Waals surface area contributed by atoms with Gasteiger partial charge in [-0.05, 0) is 13.8 Å². The van der Waals surface area contributed by atoms with E-state index >= 15 is 0 Å². The Bertz CT molecular complexity index is 354. The van der Waals surface area contributed by atoms with Gasteiger partial charge in [-0.1, -0.05) is 24.0 Å². The molecule has 1 atom stereocenters. The van der Waals surface area contributed by atoms with E-state index < -0.39 is 7.60 Å². The van der Waals surface area contributed by atoms with E-state index in [0.717, 1.165) is 5.57 Å². The highest BCUT2D eigenvalue weighted by Gasteiger charge is 2.23. The molecule has 0 amide bonds. The smallest absolute Gasteiger partial charge is 0.295 e. The Morgan fingerprint density at radius 1 is 1.47 bits per heavy atom. The quantitative estimate of drug-likeness (QED) is 0.396. The Labute approximate surface area is 91.4 Å². The summed E-state index contributed by atoms with van der Waals surface area (Å²) in [4.78, 5) is 0. The fourth-order valence-corrected chi connectivity index (χ4v) is 2.25. The van der Waals surface area contributed by atoms with Gasteiger partial charge in [0.25, 0.3) is 0 Å². The van der Waals surface area contributed by atoms with Crippen LogP contribution in [0.2, 0.25) is 0 Å². The Morgan fingerprint density at radius 2 is 2.07 bits per heavy atom. The Kier molecular flexibility index (Phi) is 6.84. The van der Waals surface area contributed by atoms with Crippen LogP contribution in [0.5, 0.6) is 0 Å². The number of hydrogen-bond acceptors (Lipinski definition) is 3. The fourth-order valence-electron chi connectivity index (χ4n) is 0.798. The lowest BCUT2D eigenvalue weighted by atomic mass is 10.4. The molecule has 0 aliphatic rings. The van der Waals surface area contributed by atoms with Crippen LogP contribution >= 0.6 is 7.60 Å². The third kappa shape index (κ3) is 7.00. The molecule has 0 heterocycles. The van der Waals surface area contributed by atoms with Gasteiger partial charge in [0.1, 0.15) is 13.2 Å². The van der Waals surface area contributed by atoms with Crippen LogP contribution in [0.25, 0.3) is 0 Å². The summed E-state index contributed by atoms with van der Waals surface area (Å²) in [5, 5.41) is 0. The molecule has 0 saturated carbocycles. The number of rotatable bonds is 6. The molecule has 1 unspecified atom stereocenters. The molecular formula is C11H15O3P. The van der Waals surface area contributed by atoms with Crippen molar-refractivity contribution in [1.29, 1.82) is 0 Å². The molecule has 0 aromatic rings. The summed E-state index contributed by atoms with van der Waals surface area (Å²) in [7, 11) is -3.17. The second-order valence-corrected chi connectivity index (χ2v) is 4.96. The summed E-state index contributed by atoms with van der Waals surface area (Å²) in [5.74, 6) is 7.53. The zero-order valence-corrected chi connectivity index (χ0v) is 9.97. The van der Waals surface area contributed by atoms with Gasteiger partial charge in [0.2, 0.25) is 0 Å². The van der Waals surface area contributed by atoms with Crippen molar-refractivity contribution in [3.63, 3.8) is 0 Å². The first-order valence-electron chi connectivity index (χ1n) is 4.39. The minimum absolute atomic E-state index is 0.0376. The number of terminal acetylenes is 1. The zero-order valence-electron chi connectivity index (χ0n) is 9.08. The maximum atomic E-state index is 12.0. The van der Waals surface area contributed by atoms with Crippen molar-refractivity contribution in [2.24, 2.45) is 0 Å². The van der Waals surface area contributed by atoms with E-state index in [1.807, 2.05) is 0 Å². The lowest BCUT2D eigenvalue weighted by Crippen LogP contribution is -2.01. The van der Waals surface area contributed by atoms with Gasteiger partial charge in [-0.2, -0.15) is 0 Å². The largest absolute Gasteiger partial charge is 0.336 e. The molecule has 4 heteroatoms. The highest BCUT2D eigenvalue weighted by Crippen LogP contribution is 2.49. The minimum atomic E-state index is -3.17. The standard InChI is InChI=1S/C11H15O3P/c1-5-7-9-14-15(12,10-11(3)4)13-8-6-2/h2H,3,8-10H2,1,4H3. The Hall–Kier alpha value is -0.990. The van der Waals surface area contributed by atoms with E-state index in [4.69, 9.17) is 15.5 Å². The van der Waals surface area contributed by atoms with Crippen LogP contribution in [0.1, 0.15) is 13.8 Å². The van der Waals surface area contributed by atoms with Crippen LogP contribution in [0.4, 0.5) is 0 Å². The van der Waals surface area contributed by atoms with Gasteiger partial charge in [0.05, 0.1) is 6.16 Å². The van der Waals surface area contributed by atoms with Crippen molar-refractivity contribution < 1.29 is 13.6 Å². The summed E-state index contributed by atoms with van der Waals surface area (Å²) < 4.78 is 22.1. The molecule has 15 heavy (non-hydrogen) atoms. The maximum absolute atomic E-state index is 12.0. The van der Waals surface area contributed by atoms with Crippen LogP contribution in [0.3, 0.4) is 0 Å². The summed E-state index contributed by atoms with van der Waals surface area (Å²) in [6.07, 6.45) is 5.19. The van der Waals surface area contributed by atoms with Crippen LogP contribution in [-0.4, -0.2) is 19.4 Å². The van der Waals surface area contributed by atoms with Crippen LogP contribution in [-0.2, 0) is 13.6 Å². The highest BCUT2D eigenvalue weighted by molar-refractivity contribution is 7.54. The zero-order chi connectivity index (χ0) is 11.7. The van der Waals surface area contributed by atoms with Crippen LogP contribution in [0, 0.1) is 24.2 Å². The van der Waals surface area contributed by atoms with Crippen LogP contribution in [0.15, 0.2) is 12.2 Å². The molecule has 0 fully saturated rings. The minimum Gasteiger partial charge on any atom is -0.295 e. The van der Waals surface area contributed by atoms with Crippen molar-refractivity contribution in [3.05, 3.63) is 12.2 Å². The predicted octanol–water partition coefficient (Wildman–Crippen LogP) is 2.45. The molecule has 3 nitrogen and oxygen atoms in total. The average molecular weight is 226 g/mol. The normalized spacial score (nSPS) is 13.1. The molecule has 0 saturated heterocycles. The van der Waals surface area contributed by atoms with E-state index in [1.165, 1.54) is 0 Å². The van der Waals surface area contributed by atoms with Crippen molar-refractivity contribution in [3.8, 4) is 24.2 Å². The summed E-state index contributed by atoms with van der Waals surface area (Å²) in [6.45, 7) is 7.12. The van der Waals surface area contributed by atoms with Crippen molar-refractivity contribution >= 4 is 7.60 Å². The Morgan fingerprint density at radius 3 is 2.53 bits per heavy atom. The van der Waals surface area contributed by atoms with E-state index in [9.17, 15) is 4.57 Å². The molecule has 82 valence electrons. The summed E-state index contributed by atoms with van der Waals surface area (Å²) in [6, 6.07) is 0. The van der Waals surface area contributed by atoms with Crippen molar-refractivity contribution in [1.82, 2.24) is 0 Å². The monoisotopic (exact) mass is 226 g/mol. The fraction of sp³-hybridized carbons (Fsp3) is 0.455. The lowest BCUT2D eigenvalue weighted by molar-refractivity contribution is 0.244. The van der Waals surface area contributed by atoms with E-state index in [1.54, 1.807) is 13.8 Å². The molecule has 0 radical (unpaired) electrons. The first kappa shape index (κ1) is 14.0. The molecule has 0 N–H and O–H groups in total. The Balaban J connectivity index is 4.39. The SMILES string of the molecule is C#CCOP(=O)(CC(=C)C)OCC#CC. The molecule has 0 rings (SSSR count). The van der Waals surface area contributed by atoms with E-state index in [-0.39, 0.29) is 19.4 Å². The predicted molar refractivity (Wildman–Crippen MR) is 61.5 cm³/mol. The second-order valence-electron chi connectivity index (χ2n) is 2.90. The molecule has 0 aliphatic heterocycles. The molecular weight excluding hydrogens is 211 g/mol. The molecule has 0 bridgehead atoms. The lowest BCUT2D eigenvalue weighted by Gasteiger charge is -2.15. The average Bonchev–Trinajstić information content (AvgIpc) is 2.14. The van der Waals surface area contributed by atoms with Gasteiger partial charge >= 0.3 is 7.60 Å². The number of hydrogen-bond donors (Lipinski definition) is 0. The van der Waals surface area contributed by atoms with Gasteiger partial charge in [-0.15, -0.1) is 12.3 Å². The third-order valence-corrected chi connectivity index (χ3v) is 3.29. The van der Waals surface area contributed by atoms with E-state index in [2.05, 4.69) is 24.3 Å². The summed E-state index contributed by atoms with van der Waals surface area (Å²) >= 11 is 0. The molecule has 0 aromatic carbocycles. The van der Waals surface area contributed by atoms with Crippen molar-refractivity contribution in [2.45, 2.75) is 13.8 Å². The van der Waals surface area contributed by atoms with Gasteiger partial charge < -0.3 is 0 Å². The highest BCUT2D eigenvalue weighted by atomic mass is 31.2. The maximum Gasteiger partial charge on any atom is 0.336 e. The molecule has 0 spiro atoms. The number of allylic oxidation sites excluding steroid dienone is 1. The van der Waals surface area contributed by atoms with Gasteiger partial charge in [-0.3, -0.25) is 13.6 Å². The van der Waals surface area contributed by atoms with E-state index in [0.29, 0.717) is 0 Å². The van der Waals surface area contributed by atoms with Gasteiger partial charge in [0, 0.05) is 0 Å². The first-order chi connectivity index (χ1) is 7.04. The van der Waals surface area contributed by atoms with Crippen LogP contribution < -0.4 is 0 Å². The molecule has 0 aliphatic carbocycles. The summed E-state index contributed by atoms with van der Waals surface area (Å²) in [5.41, 5.74) is 0.722. The topological polar surface area (TPSA) is 35.5 Å². The van der Waals surface area contributed by atoms with Gasteiger partial charge in [0.15, 0.2) is 0 Å². The first-order valence-corrected chi connectivity index (χ1v) is 6.12.